The van der Waals surface area contributed by atoms with Crippen molar-refractivity contribution in [2.24, 2.45) is 0 Å². The Hall–Kier alpha value is 0.708. The minimum Gasteiger partial charge on any atom is -0.416 e. The van der Waals surface area contributed by atoms with E-state index in [-0.39, 0.29) is 10.0 Å². The highest BCUT2D eigenvalue weighted by atomic mass is 28.5. The summed E-state index contributed by atoms with van der Waals surface area (Å²) in [5.41, 5.74) is 0.453. The molecule has 0 amide bonds. The summed E-state index contributed by atoms with van der Waals surface area (Å²) in [5, 5.41) is 0. The zero-order chi connectivity index (χ0) is 13.3. The number of hydrogen-bond donors (Lipinski definition) is 0. The largest absolute Gasteiger partial charge is 0.416 e. The summed E-state index contributed by atoms with van der Waals surface area (Å²) < 4.78 is 24.3. The molecule has 0 N–H and O–H groups in total. The summed E-state index contributed by atoms with van der Waals surface area (Å²) in [6.45, 7) is 14.8. The molecule has 1 atom stereocenters. The van der Waals surface area contributed by atoms with Crippen molar-refractivity contribution in [1.82, 2.24) is 0 Å². The van der Waals surface area contributed by atoms with E-state index in [1.54, 1.807) is 0 Å². The molecular weight excluding hydrogens is 284 g/mol. The zero-order valence-electron chi connectivity index (χ0n) is 11.9. The normalized spacial score (nSPS) is 29.1. The van der Waals surface area contributed by atoms with Crippen LogP contribution in [0.2, 0.25) is 38.3 Å². The second-order valence-electron chi connectivity index (χ2n) is 5.62. The lowest BCUT2D eigenvalue weighted by molar-refractivity contribution is 0.248. The van der Waals surface area contributed by atoms with Crippen LogP contribution in [0.25, 0.3) is 0 Å². The maximum atomic E-state index is 6.35. The monoisotopic (exact) mass is 308 g/mol. The highest BCUT2D eigenvalue weighted by Gasteiger charge is 2.50. The molecule has 0 saturated carbocycles. The van der Waals surface area contributed by atoms with Gasteiger partial charge in [0.2, 0.25) is 0 Å². The van der Waals surface area contributed by atoms with Crippen LogP contribution in [-0.4, -0.2) is 35.7 Å². The van der Waals surface area contributed by atoms with Crippen molar-refractivity contribution in [1.29, 1.82) is 0 Å². The zero-order valence-corrected chi connectivity index (χ0v) is 15.9. The van der Waals surface area contributed by atoms with Gasteiger partial charge in [-0.15, -0.1) is 0 Å². The van der Waals surface area contributed by atoms with E-state index in [4.69, 9.17) is 16.5 Å². The van der Waals surface area contributed by atoms with Gasteiger partial charge in [0, 0.05) is 0 Å². The van der Waals surface area contributed by atoms with Crippen LogP contribution in [0.5, 0.6) is 0 Å². The molecule has 0 spiro atoms. The third-order valence-corrected chi connectivity index (χ3v) is 17.0. The molecule has 0 aromatic rings. The first-order chi connectivity index (χ1) is 7.60. The minimum absolute atomic E-state index is 0.0590. The Balaban J connectivity index is 2.95. The van der Waals surface area contributed by atoms with Gasteiger partial charge < -0.3 is 16.5 Å². The lowest BCUT2D eigenvalue weighted by Gasteiger charge is -2.44. The molecule has 100 valence electrons. The van der Waals surface area contributed by atoms with E-state index in [1.807, 2.05) is 0 Å². The van der Waals surface area contributed by atoms with Gasteiger partial charge >= 0.3 is 35.7 Å². The van der Waals surface area contributed by atoms with Gasteiger partial charge in [0.25, 0.3) is 0 Å². The van der Waals surface area contributed by atoms with Crippen LogP contribution in [0.4, 0.5) is 0 Å². The quantitative estimate of drug-likeness (QED) is 0.735. The average Bonchev–Trinajstić information content (AvgIpc) is 2.11. The summed E-state index contributed by atoms with van der Waals surface area (Å²) in [5.74, 6) is 0. The Bertz CT molecular complexity index is 254. The van der Waals surface area contributed by atoms with Crippen molar-refractivity contribution in [3.05, 3.63) is 0 Å². The number of hydrogen-bond acceptors (Lipinski definition) is 4. The molecule has 1 aliphatic rings. The Morgan fingerprint density at radius 3 is 1.71 bits per heavy atom. The molecular formula is C9H24O4Si4. The molecule has 0 aromatic heterocycles. The van der Waals surface area contributed by atoms with Crippen molar-refractivity contribution in [3.8, 4) is 0 Å². The Morgan fingerprint density at radius 1 is 0.941 bits per heavy atom. The summed E-state index contributed by atoms with van der Waals surface area (Å²) >= 11 is 0. The molecule has 2 radical (unpaired) electrons. The van der Waals surface area contributed by atoms with E-state index in [0.29, 0.717) is 5.54 Å². The maximum absolute atomic E-state index is 6.35. The fourth-order valence-corrected chi connectivity index (χ4v) is 15.8. The van der Waals surface area contributed by atoms with Gasteiger partial charge in [-0.05, 0) is 38.3 Å². The molecule has 0 aromatic carbocycles. The molecule has 4 nitrogen and oxygen atoms in total. The highest BCUT2D eigenvalue weighted by Crippen LogP contribution is 2.34. The van der Waals surface area contributed by atoms with Gasteiger partial charge in [0.1, 0.15) is 0 Å². The smallest absolute Gasteiger partial charge is 0.413 e. The molecule has 1 unspecified atom stereocenters. The molecule has 17 heavy (non-hydrogen) atoms. The molecule has 1 saturated heterocycles. The van der Waals surface area contributed by atoms with Crippen LogP contribution in [-0.2, 0) is 16.5 Å². The van der Waals surface area contributed by atoms with Crippen LogP contribution in [0.1, 0.15) is 20.3 Å². The molecule has 1 rings (SSSR count). The van der Waals surface area contributed by atoms with Crippen molar-refractivity contribution in [2.45, 2.75) is 58.5 Å². The van der Waals surface area contributed by atoms with E-state index < -0.39 is 25.7 Å². The van der Waals surface area contributed by atoms with Gasteiger partial charge in [0.15, 0.2) is 0 Å². The molecule has 8 heteroatoms. The summed E-state index contributed by atoms with van der Waals surface area (Å²) in [6, 6.07) is 0. The summed E-state index contributed by atoms with van der Waals surface area (Å²) in [4.78, 5) is 0. The first kappa shape index (κ1) is 15.8. The van der Waals surface area contributed by atoms with Crippen LogP contribution in [0.3, 0.4) is 0 Å². The molecule has 1 aliphatic heterocycles. The van der Waals surface area contributed by atoms with Gasteiger partial charge in [-0.1, -0.05) is 20.3 Å². The molecule has 0 bridgehead atoms. The summed E-state index contributed by atoms with van der Waals surface area (Å²) in [7, 11) is -6.36. The second-order valence-corrected chi connectivity index (χ2v) is 17.7. The third-order valence-electron chi connectivity index (χ3n) is 2.98. The van der Waals surface area contributed by atoms with E-state index in [9.17, 15) is 0 Å². The van der Waals surface area contributed by atoms with Gasteiger partial charge in [-0.2, -0.15) is 0 Å². The average molecular weight is 309 g/mol. The van der Waals surface area contributed by atoms with Gasteiger partial charge in [-0.3, -0.25) is 0 Å². The van der Waals surface area contributed by atoms with E-state index >= 15 is 0 Å². The predicted octanol–water partition coefficient (Wildman–Crippen LogP) is 2.88. The van der Waals surface area contributed by atoms with E-state index in [1.165, 1.54) is 0 Å². The van der Waals surface area contributed by atoms with Crippen molar-refractivity contribution >= 4 is 35.7 Å². The van der Waals surface area contributed by atoms with Crippen LogP contribution >= 0.6 is 0 Å². The Kier molecular flexibility index (Phi) is 4.98. The van der Waals surface area contributed by atoms with E-state index in [0.717, 1.165) is 6.42 Å². The highest BCUT2D eigenvalue weighted by molar-refractivity contribution is 6.88. The van der Waals surface area contributed by atoms with Crippen LogP contribution in [0, 0.1) is 0 Å². The SMILES string of the molecule is CCC(C)[Si]1(C)O[Si](C)(C)O[Si]O[Si](C)(C)O1. The van der Waals surface area contributed by atoms with Gasteiger partial charge in [0.05, 0.1) is 0 Å². The van der Waals surface area contributed by atoms with Crippen LogP contribution < -0.4 is 0 Å². The fraction of sp³-hybridized carbons (Fsp3) is 1.00. The van der Waals surface area contributed by atoms with Crippen molar-refractivity contribution in [3.63, 3.8) is 0 Å². The lowest BCUT2D eigenvalue weighted by atomic mass is 10.4. The van der Waals surface area contributed by atoms with E-state index in [2.05, 4.69) is 46.6 Å². The minimum atomic E-state index is -2.22. The fourth-order valence-electron chi connectivity index (χ4n) is 1.83. The first-order valence-electron chi connectivity index (χ1n) is 6.11. The first-order valence-corrected chi connectivity index (χ1v) is 15.0. The topological polar surface area (TPSA) is 36.9 Å². The molecule has 1 fully saturated rings. The van der Waals surface area contributed by atoms with Crippen molar-refractivity contribution in [2.75, 3.05) is 0 Å². The Morgan fingerprint density at radius 2 is 1.35 bits per heavy atom. The third kappa shape index (κ3) is 4.39. The van der Waals surface area contributed by atoms with Gasteiger partial charge in [-0.25, -0.2) is 0 Å². The molecule has 0 aliphatic carbocycles. The molecule has 1 heterocycles. The standard InChI is InChI=1S/C9H24O4Si4/c1-8-9(2)17(7)12-15(3,4)10-14-11-16(5,6)13-17/h9H,8H2,1-7H3. The summed E-state index contributed by atoms with van der Waals surface area (Å²) in [6.07, 6.45) is 1.07. The second kappa shape index (κ2) is 5.37. The van der Waals surface area contributed by atoms with Crippen LogP contribution in [0.15, 0.2) is 0 Å². The maximum Gasteiger partial charge on any atom is 0.413 e. The van der Waals surface area contributed by atoms with Crippen molar-refractivity contribution < 1.29 is 16.5 Å². The number of rotatable bonds is 2. The lowest BCUT2D eigenvalue weighted by Crippen LogP contribution is -2.61. The Labute approximate surface area is 111 Å². The predicted molar refractivity (Wildman–Crippen MR) is 76.4 cm³/mol.